The molecule has 170 valence electrons. The average molecular weight is 511 g/mol. The van der Waals surface area contributed by atoms with Crippen molar-refractivity contribution < 1.29 is 26.7 Å². The van der Waals surface area contributed by atoms with E-state index in [2.05, 4.69) is 9.84 Å². The van der Waals surface area contributed by atoms with Crippen molar-refractivity contribution in [2.75, 3.05) is 0 Å². The van der Waals surface area contributed by atoms with E-state index in [1.54, 1.807) is 30.3 Å². The molecule has 11 heteroatoms. The minimum atomic E-state index is -4.24. The Morgan fingerprint density at radius 3 is 2.42 bits per heavy atom. The maximum absolute atomic E-state index is 13.1. The Hall–Kier alpha value is -3.01. The molecule has 0 aliphatic carbocycles. The molecule has 0 fully saturated rings. The van der Waals surface area contributed by atoms with E-state index in [0.29, 0.717) is 10.9 Å². The molecular formula is C22H14Cl2F2N2O4S. The minimum Gasteiger partial charge on any atom is -0.435 e. The largest absolute Gasteiger partial charge is 0.435 e. The number of ether oxygens (including phenoxy) is 1. The van der Waals surface area contributed by atoms with Crippen LogP contribution in [-0.4, -0.2) is 30.0 Å². The minimum absolute atomic E-state index is 0.0810. The molecule has 0 N–H and O–H groups in total. The molecule has 1 heterocycles. The van der Waals surface area contributed by atoms with Gasteiger partial charge in [-0.25, -0.2) is 0 Å². The molecule has 0 amide bonds. The summed E-state index contributed by atoms with van der Waals surface area (Å²) in [6.45, 7) is -3.10. The highest BCUT2D eigenvalue weighted by molar-refractivity contribution is 7.90. The smallest absolute Gasteiger partial charge is 0.387 e. The number of aromatic nitrogens is 2. The number of hydrogen-bond acceptors (Lipinski definition) is 5. The summed E-state index contributed by atoms with van der Waals surface area (Å²) in [4.78, 5) is 12.5. The summed E-state index contributed by atoms with van der Waals surface area (Å²) in [5.41, 5.74) is 0.902. The molecule has 33 heavy (non-hydrogen) atoms. The number of carbonyl (C=O) groups is 1. The summed E-state index contributed by atoms with van der Waals surface area (Å²) in [7, 11) is -4.24. The van der Waals surface area contributed by atoms with Crippen molar-refractivity contribution in [3.8, 4) is 5.75 Å². The van der Waals surface area contributed by atoms with E-state index in [1.807, 2.05) is 0 Å². The number of rotatable bonds is 7. The van der Waals surface area contributed by atoms with Gasteiger partial charge >= 0.3 is 6.61 Å². The molecule has 0 atom stereocenters. The number of benzene rings is 3. The highest BCUT2D eigenvalue weighted by Gasteiger charge is 2.22. The van der Waals surface area contributed by atoms with Crippen LogP contribution in [0.25, 0.3) is 10.9 Å². The van der Waals surface area contributed by atoms with Crippen LogP contribution in [0.4, 0.5) is 8.78 Å². The molecule has 0 saturated heterocycles. The van der Waals surface area contributed by atoms with Crippen LogP contribution < -0.4 is 4.74 Å². The summed E-state index contributed by atoms with van der Waals surface area (Å²) in [6, 6.07) is 14.3. The van der Waals surface area contributed by atoms with Crippen molar-refractivity contribution in [1.82, 2.24) is 9.19 Å². The van der Waals surface area contributed by atoms with E-state index in [-0.39, 0.29) is 44.0 Å². The van der Waals surface area contributed by atoms with Gasteiger partial charge in [0.2, 0.25) is 0 Å². The Bertz CT molecular complexity index is 1450. The van der Waals surface area contributed by atoms with E-state index >= 15 is 0 Å². The summed E-state index contributed by atoms with van der Waals surface area (Å²) >= 11 is 12.2. The maximum Gasteiger partial charge on any atom is 0.387 e. The van der Waals surface area contributed by atoms with Crippen molar-refractivity contribution in [1.29, 1.82) is 0 Å². The molecule has 0 saturated carbocycles. The molecule has 0 radical (unpaired) electrons. The predicted molar refractivity (Wildman–Crippen MR) is 120 cm³/mol. The van der Waals surface area contributed by atoms with Crippen LogP contribution >= 0.6 is 23.2 Å². The quantitative estimate of drug-likeness (QED) is 0.302. The van der Waals surface area contributed by atoms with Crippen LogP contribution in [0.3, 0.4) is 0 Å². The first-order valence-corrected chi connectivity index (χ1v) is 11.6. The standard InChI is InChI=1S/C22H14Cl2F2N2O4S/c23-17-5-2-6-18(24)21(17)20(29)10-13-7-8-14-12-27-28(19(14)9-13)33(30,31)16-4-1-3-15(11-16)32-22(25)26/h1-9,11-12,22H,10H2. The first kappa shape index (κ1) is 23.2. The molecule has 0 aliphatic heterocycles. The lowest BCUT2D eigenvalue weighted by atomic mass is 10.0. The fourth-order valence-electron chi connectivity index (χ4n) is 3.29. The first-order valence-electron chi connectivity index (χ1n) is 9.41. The number of ketones is 1. The monoisotopic (exact) mass is 510 g/mol. The highest BCUT2D eigenvalue weighted by atomic mass is 35.5. The summed E-state index contributed by atoms with van der Waals surface area (Å²) in [5, 5.41) is 4.89. The lowest BCUT2D eigenvalue weighted by Gasteiger charge is -2.10. The lowest BCUT2D eigenvalue weighted by Crippen LogP contribution is -2.15. The number of alkyl halides is 2. The Kier molecular flexibility index (Phi) is 6.38. The van der Waals surface area contributed by atoms with Crippen LogP contribution in [0, 0.1) is 0 Å². The molecular weight excluding hydrogens is 497 g/mol. The van der Waals surface area contributed by atoms with Crippen molar-refractivity contribution in [3.63, 3.8) is 0 Å². The number of nitrogens with zero attached hydrogens (tertiary/aromatic N) is 2. The van der Waals surface area contributed by atoms with E-state index < -0.39 is 16.6 Å². The molecule has 1 aromatic heterocycles. The van der Waals surface area contributed by atoms with Gasteiger partial charge in [0.25, 0.3) is 10.0 Å². The number of halogens is 4. The van der Waals surface area contributed by atoms with Crippen molar-refractivity contribution in [2.24, 2.45) is 0 Å². The maximum atomic E-state index is 13.1. The fraction of sp³-hybridized carbons (Fsp3) is 0.0909. The normalized spacial score (nSPS) is 11.8. The van der Waals surface area contributed by atoms with Crippen LogP contribution in [-0.2, 0) is 16.4 Å². The third-order valence-corrected chi connectivity index (χ3v) is 6.99. The Morgan fingerprint density at radius 1 is 1.03 bits per heavy atom. The van der Waals surface area contributed by atoms with Gasteiger partial charge in [-0.05, 0) is 35.9 Å². The fourth-order valence-corrected chi connectivity index (χ4v) is 5.20. The zero-order chi connectivity index (χ0) is 23.8. The number of carbonyl (C=O) groups excluding carboxylic acids is 1. The third kappa shape index (κ3) is 4.71. The molecule has 4 aromatic rings. The number of Topliss-reactive ketones (excluding diaryl/α,β-unsaturated/α-hetero) is 1. The third-order valence-electron chi connectivity index (χ3n) is 4.77. The van der Waals surface area contributed by atoms with E-state index in [9.17, 15) is 22.0 Å². The van der Waals surface area contributed by atoms with Crippen LogP contribution in [0.15, 0.2) is 71.8 Å². The molecule has 0 unspecified atom stereocenters. The van der Waals surface area contributed by atoms with Crippen molar-refractivity contribution in [3.05, 3.63) is 88.0 Å². The molecule has 3 aromatic carbocycles. The second kappa shape index (κ2) is 9.09. The van der Waals surface area contributed by atoms with E-state index in [0.717, 1.165) is 10.2 Å². The molecule has 6 nitrogen and oxygen atoms in total. The molecule has 0 bridgehead atoms. The van der Waals surface area contributed by atoms with Gasteiger partial charge in [-0.1, -0.05) is 47.5 Å². The topological polar surface area (TPSA) is 78.3 Å². The van der Waals surface area contributed by atoms with E-state index in [4.69, 9.17) is 23.2 Å². The zero-order valence-electron chi connectivity index (χ0n) is 16.6. The second-order valence-electron chi connectivity index (χ2n) is 6.94. The van der Waals surface area contributed by atoms with Gasteiger partial charge in [-0.3, -0.25) is 4.79 Å². The summed E-state index contributed by atoms with van der Waals surface area (Å²) in [5.74, 6) is -0.638. The Morgan fingerprint density at radius 2 is 1.73 bits per heavy atom. The van der Waals surface area contributed by atoms with Gasteiger partial charge in [0, 0.05) is 17.9 Å². The second-order valence-corrected chi connectivity index (χ2v) is 9.52. The SMILES string of the molecule is O=C(Cc1ccc2cnn(S(=O)(=O)c3cccc(OC(F)F)c3)c2c1)c1c(Cl)cccc1Cl. The van der Waals surface area contributed by atoms with Crippen molar-refractivity contribution >= 4 is 49.9 Å². The predicted octanol–water partition coefficient (Wildman–Crippen LogP) is 5.61. The summed E-state index contributed by atoms with van der Waals surface area (Å²) in [6.07, 6.45) is 1.27. The average Bonchev–Trinajstić information content (AvgIpc) is 3.17. The van der Waals surface area contributed by atoms with Crippen LogP contribution in [0.1, 0.15) is 15.9 Å². The van der Waals surface area contributed by atoms with Crippen LogP contribution in [0.2, 0.25) is 10.0 Å². The molecule has 0 aliphatic rings. The Balaban J connectivity index is 1.71. The highest BCUT2D eigenvalue weighted by Crippen LogP contribution is 2.28. The van der Waals surface area contributed by atoms with E-state index in [1.165, 1.54) is 30.5 Å². The van der Waals surface area contributed by atoms with Gasteiger partial charge < -0.3 is 4.74 Å². The lowest BCUT2D eigenvalue weighted by molar-refractivity contribution is -0.0500. The van der Waals surface area contributed by atoms with Gasteiger partial charge in [-0.2, -0.15) is 26.4 Å². The van der Waals surface area contributed by atoms with Crippen molar-refractivity contribution in [2.45, 2.75) is 17.9 Å². The zero-order valence-corrected chi connectivity index (χ0v) is 18.9. The van der Waals surface area contributed by atoms with Gasteiger partial charge in [0.15, 0.2) is 5.78 Å². The Labute approximate surface area is 197 Å². The van der Waals surface area contributed by atoms with Gasteiger partial charge in [0.05, 0.1) is 32.2 Å². The summed E-state index contributed by atoms with van der Waals surface area (Å²) < 4.78 is 56.4. The first-order chi connectivity index (χ1) is 15.7. The number of fused-ring (bicyclic) bond motifs is 1. The molecule has 0 spiro atoms. The van der Waals surface area contributed by atoms with Gasteiger partial charge in [0.1, 0.15) is 5.75 Å². The van der Waals surface area contributed by atoms with Gasteiger partial charge in [-0.15, -0.1) is 0 Å². The number of hydrogen-bond donors (Lipinski definition) is 0. The van der Waals surface area contributed by atoms with Crippen LogP contribution in [0.5, 0.6) is 5.75 Å². The molecule has 4 rings (SSSR count).